The lowest BCUT2D eigenvalue weighted by atomic mass is 10.0. The van der Waals surface area contributed by atoms with Crippen molar-refractivity contribution >= 4 is 11.6 Å². The van der Waals surface area contributed by atoms with Crippen molar-refractivity contribution in [1.82, 2.24) is 0 Å². The van der Waals surface area contributed by atoms with Crippen LogP contribution in [0.15, 0.2) is 12.1 Å². The number of ether oxygens (including phenoxy) is 2. The first-order valence-corrected chi connectivity index (χ1v) is 6.37. The molecule has 0 aromatic heterocycles. The molecule has 17 heavy (non-hydrogen) atoms. The molecular weight excluding hydrogens is 240 g/mol. The Morgan fingerprint density at radius 1 is 1.35 bits per heavy atom. The molecule has 0 saturated carbocycles. The van der Waals surface area contributed by atoms with Crippen LogP contribution in [0.3, 0.4) is 0 Å². The average molecular weight is 257 g/mol. The molecule has 4 heteroatoms. The maximum Gasteiger partial charge on any atom is 0.179 e. The first kappa shape index (κ1) is 12.5. The molecule has 1 heterocycles. The summed E-state index contributed by atoms with van der Waals surface area (Å²) in [6.45, 7) is 3.27. The molecule has 0 radical (unpaired) electrons. The topological polar surface area (TPSA) is 38.7 Å². The van der Waals surface area contributed by atoms with Gasteiger partial charge >= 0.3 is 0 Å². The molecule has 1 aromatic carbocycles. The predicted molar refractivity (Wildman–Crippen MR) is 66.9 cm³/mol. The second kappa shape index (κ2) is 5.61. The number of aliphatic hydroxyl groups excluding tert-OH is 1. The fourth-order valence-electron chi connectivity index (χ4n) is 1.88. The van der Waals surface area contributed by atoms with Crippen molar-refractivity contribution in [2.24, 2.45) is 0 Å². The van der Waals surface area contributed by atoms with E-state index in [0.717, 1.165) is 24.8 Å². The highest BCUT2D eigenvalue weighted by Crippen LogP contribution is 2.39. The van der Waals surface area contributed by atoms with Crippen LogP contribution in [0, 0.1) is 0 Å². The zero-order valence-corrected chi connectivity index (χ0v) is 10.7. The van der Waals surface area contributed by atoms with Crippen molar-refractivity contribution < 1.29 is 14.6 Å². The van der Waals surface area contributed by atoms with Crippen LogP contribution in [-0.4, -0.2) is 18.3 Å². The van der Waals surface area contributed by atoms with Crippen molar-refractivity contribution in [3.8, 4) is 11.5 Å². The molecule has 0 aliphatic carbocycles. The highest BCUT2D eigenvalue weighted by molar-refractivity contribution is 6.32. The Balaban J connectivity index is 2.31. The quantitative estimate of drug-likeness (QED) is 0.902. The summed E-state index contributed by atoms with van der Waals surface area (Å²) in [6.07, 6.45) is 2.00. The lowest BCUT2D eigenvalue weighted by Crippen LogP contribution is -1.99. The van der Waals surface area contributed by atoms with Gasteiger partial charge in [-0.15, -0.1) is 0 Å². The Labute approximate surface area is 106 Å². The van der Waals surface area contributed by atoms with Crippen LogP contribution in [0.25, 0.3) is 0 Å². The summed E-state index contributed by atoms with van der Waals surface area (Å²) >= 11 is 6.15. The van der Waals surface area contributed by atoms with Crippen LogP contribution in [-0.2, 0) is 0 Å². The summed E-state index contributed by atoms with van der Waals surface area (Å²) in [7, 11) is 0. The highest BCUT2D eigenvalue weighted by Gasteiger charge is 2.18. The van der Waals surface area contributed by atoms with Gasteiger partial charge in [0.1, 0.15) is 0 Å². The normalized spacial score (nSPS) is 16.4. The number of hydrogen-bond donors (Lipinski definition) is 1. The molecule has 1 aromatic rings. The number of aliphatic hydroxyl groups is 1. The van der Waals surface area contributed by atoms with Gasteiger partial charge in [0.15, 0.2) is 11.5 Å². The van der Waals surface area contributed by atoms with E-state index in [-0.39, 0.29) is 0 Å². The van der Waals surface area contributed by atoms with Gasteiger partial charge in [0.2, 0.25) is 0 Å². The van der Waals surface area contributed by atoms with E-state index in [0.29, 0.717) is 29.7 Å². The predicted octanol–water partition coefficient (Wildman–Crippen LogP) is 3.33. The van der Waals surface area contributed by atoms with Crippen LogP contribution in [0.2, 0.25) is 5.02 Å². The molecule has 1 unspecified atom stereocenters. The third-order valence-corrected chi connectivity index (χ3v) is 3.05. The van der Waals surface area contributed by atoms with Gasteiger partial charge in [-0.1, -0.05) is 24.9 Å². The lowest BCUT2D eigenvalue weighted by Gasteiger charge is -2.14. The minimum absolute atomic E-state index is 0.491. The molecule has 1 N–H and O–H groups in total. The molecule has 2 rings (SSSR count). The molecule has 0 amide bonds. The third kappa shape index (κ3) is 2.85. The highest BCUT2D eigenvalue weighted by atomic mass is 35.5. The van der Waals surface area contributed by atoms with Crippen LogP contribution in [0.5, 0.6) is 11.5 Å². The van der Waals surface area contributed by atoms with E-state index in [4.69, 9.17) is 21.1 Å². The first-order chi connectivity index (χ1) is 8.22. The minimum Gasteiger partial charge on any atom is -0.489 e. The van der Waals surface area contributed by atoms with Crippen LogP contribution < -0.4 is 9.47 Å². The van der Waals surface area contributed by atoms with Crippen LogP contribution in [0.1, 0.15) is 37.9 Å². The largest absolute Gasteiger partial charge is 0.489 e. The van der Waals surface area contributed by atoms with Crippen molar-refractivity contribution in [1.29, 1.82) is 0 Å². The van der Waals surface area contributed by atoms with Gasteiger partial charge in [-0.05, 0) is 24.1 Å². The van der Waals surface area contributed by atoms with Crippen LogP contribution >= 0.6 is 11.6 Å². The number of benzene rings is 1. The second-order valence-corrected chi connectivity index (χ2v) is 4.59. The van der Waals surface area contributed by atoms with E-state index < -0.39 is 6.10 Å². The minimum atomic E-state index is -0.491. The molecule has 94 valence electrons. The zero-order valence-electron chi connectivity index (χ0n) is 9.91. The summed E-state index contributed by atoms with van der Waals surface area (Å²) in [5.41, 5.74) is 0.793. The van der Waals surface area contributed by atoms with Gasteiger partial charge in [-0.3, -0.25) is 0 Å². The Morgan fingerprint density at radius 3 is 2.88 bits per heavy atom. The summed E-state index contributed by atoms with van der Waals surface area (Å²) in [6, 6.07) is 3.59. The fourth-order valence-corrected chi connectivity index (χ4v) is 2.16. The Kier molecular flexibility index (Phi) is 4.13. The van der Waals surface area contributed by atoms with Crippen molar-refractivity contribution in [3.05, 3.63) is 22.7 Å². The zero-order chi connectivity index (χ0) is 12.3. The van der Waals surface area contributed by atoms with E-state index in [1.807, 2.05) is 13.0 Å². The van der Waals surface area contributed by atoms with Crippen molar-refractivity contribution in [2.45, 2.75) is 32.3 Å². The van der Waals surface area contributed by atoms with E-state index in [1.165, 1.54) is 0 Å². The number of hydrogen-bond acceptors (Lipinski definition) is 3. The molecule has 0 saturated heterocycles. The Morgan fingerprint density at radius 2 is 2.12 bits per heavy atom. The first-order valence-electron chi connectivity index (χ1n) is 5.99. The van der Waals surface area contributed by atoms with E-state index in [1.54, 1.807) is 6.07 Å². The fraction of sp³-hybridized carbons (Fsp3) is 0.538. The van der Waals surface area contributed by atoms with Crippen molar-refractivity contribution in [2.75, 3.05) is 13.2 Å². The number of halogens is 1. The lowest BCUT2D eigenvalue weighted by molar-refractivity contribution is 0.166. The van der Waals surface area contributed by atoms with Gasteiger partial charge in [0.25, 0.3) is 0 Å². The average Bonchev–Trinajstić information content (AvgIpc) is 2.54. The van der Waals surface area contributed by atoms with E-state index >= 15 is 0 Å². The molecule has 1 aliphatic rings. The molecular formula is C13H17ClO3. The molecule has 1 atom stereocenters. The van der Waals surface area contributed by atoms with E-state index in [2.05, 4.69) is 0 Å². The summed E-state index contributed by atoms with van der Waals surface area (Å²) in [5, 5.41) is 10.5. The van der Waals surface area contributed by atoms with Gasteiger partial charge in [0.05, 0.1) is 24.3 Å². The summed E-state index contributed by atoms with van der Waals surface area (Å²) < 4.78 is 11.1. The summed E-state index contributed by atoms with van der Waals surface area (Å²) in [5.74, 6) is 1.23. The van der Waals surface area contributed by atoms with Crippen LogP contribution in [0.4, 0.5) is 0 Å². The Bertz CT molecular complexity index is 392. The maximum atomic E-state index is 9.96. The number of rotatable bonds is 3. The standard InChI is InChI=1S/C13H17ClO3/c1-2-4-11(15)9-7-10(14)13-12(8-9)16-5-3-6-17-13/h7-8,11,15H,2-6H2,1H3. The smallest absolute Gasteiger partial charge is 0.179 e. The molecule has 3 nitrogen and oxygen atoms in total. The third-order valence-electron chi connectivity index (χ3n) is 2.77. The molecule has 0 bridgehead atoms. The second-order valence-electron chi connectivity index (χ2n) is 4.18. The van der Waals surface area contributed by atoms with Gasteiger partial charge < -0.3 is 14.6 Å². The van der Waals surface area contributed by atoms with Gasteiger partial charge in [-0.2, -0.15) is 0 Å². The number of fused-ring (bicyclic) bond motifs is 1. The SMILES string of the molecule is CCCC(O)c1cc(Cl)c2c(c1)OCCCO2. The monoisotopic (exact) mass is 256 g/mol. The molecule has 0 spiro atoms. The van der Waals surface area contributed by atoms with Gasteiger partial charge in [-0.25, -0.2) is 0 Å². The molecule has 1 aliphatic heterocycles. The maximum absolute atomic E-state index is 9.96. The van der Waals surface area contributed by atoms with Crippen molar-refractivity contribution in [3.63, 3.8) is 0 Å². The Hall–Kier alpha value is -0.930. The summed E-state index contributed by atoms with van der Waals surface area (Å²) in [4.78, 5) is 0. The molecule has 0 fully saturated rings. The van der Waals surface area contributed by atoms with E-state index in [9.17, 15) is 5.11 Å². The van der Waals surface area contributed by atoms with Gasteiger partial charge in [0, 0.05) is 6.42 Å².